The molecular formula is C13H23N3S2. The standard InChI is InChI=1S/C13H23N3S2/c1-9-4-3-5-10(8-9)6-7-15-13-11(17-2)12(14)16-18-13/h9-10,15H,3-8H2,1-2H3,(H2,14,16). The minimum Gasteiger partial charge on any atom is -0.382 e. The van der Waals surface area contributed by atoms with Gasteiger partial charge in [0.2, 0.25) is 0 Å². The average Bonchev–Trinajstić information content (AvgIpc) is 2.70. The molecule has 1 aromatic rings. The Bertz CT molecular complexity index is 378. The maximum atomic E-state index is 5.82. The third kappa shape index (κ3) is 3.54. The molecule has 1 fully saturated rings. The van der Waals surface area contributed by atoms with Gasteiger partial charge in [-0.1, -0.05) is 26.2 Å². The highest BCUT2D eigenvalue weighted by Crippen LogP contribution is 2.35. The first-order chi connectivity index (χ1) is 8.70. The van der Waals surface area contributed by atoms with E-state index in [9.17, 15) is 0 Å². The Labute approximate surface area is 118 Å². The number of anilines is 2. The lowest BCUT2D eigenvalue weighted by atomic mass is 9.81. The lowest BCUT2D eigenvalue weighted by Crippen LogP contribution is -2.16. The summed E-state index contributed by atoms with van der Waals surface area (Å²) in [5, 5.41) is 4.64. The van der Waals surface area contributed by atoms with Crippen LogP contribution in [-0.4, -0.2) is 17.2 Å². The quantitative estimate of drug-likeness (QED) is 0.801. The molecule has 0 spiro atoms. The van der Waals surface area contributed by atoms with Crippen LogP contribution < -0.4 is 11.1 Å². The van der Waals surface area contributed by atoms with Crippen LogP contribution in [0.25, 0.3) is 0 Å². The van der Waals surface area contributed by atoms with E-state index in [1.165, 1.54) is 43.6 Å². The van der Waals surface area contributed by atoms with E-state index in [0.29, 0.717) is 5.82 Å². The number of nitrogens with zero attached hydrogens (tertiary/aromatic N) is 1. The van der Waals surface area contributed by atoms with Crippen molar-refractivity contribution >= 4 is 34.1 Å². The number of hydrogen-bond acceptors (Lipinski definition) is 5. The van der Waals surface area contributed by atoms with Gasteiger partial charge in [-0.2, -0.15) is 4.37 Å². The molecule has 102 valence electrons. The van der Waals surface area contributed by atoms with Gasteiger partial charge in [0, 0.05) is 6.54 Å². The van der Waals surface area contributed by atoms with Crippen molar-refractivity contribution in [1.82, 2.24) is 4.37 Å². The number of nitrogens with two attached hydrogens (primary N) is 1. The van der Waals surface area contributed by atoms with Crippen molar-refractivity contribution in [1.29, 1.82) is 0 Å². The molecular weight excluding hydrogens is 262 g/mol. The third-order valence-electron chi connectivity index (χ3n) is 3.76. The molecule has 1 aliphatic rings. The monoisotopic (exact) mass is 285 g/mol. The molecule has 1 heterocycles. The second kappa shape index (κ2) is 6.66. The zero-order chi connectivity index (χ0) is 13.0. The summed E-state index contributed by atoms with van der Waals surface area (Å²) in [6.07, 6.45) is 8.97. The SMILES string of the molecule is CSc1c(N)nsc1NCCC1CCCC(C)C1. The Kier molecular flexibility index (Phi) is 5.18. The molecule has 0 aromatic carbocycles. The summed E-state index contributed by atoms with van der Waals surface area (Å²) in [6, 6.07) is 0. The molecule has 5 heteroatoms. The highest BCUT2D eigenvalue weighted by atomic mass is 32.2. The van der Waals surface area contributed by atoms with Crippen molar-refractivity contribution < 1.29 is 0 Å². The van der Waals surface area contributed by atoms with Gasteiger partial charge in [-0.3, -0.25) is 0 Å². The molecule has 2 atom stereocenters. The zero-order valence-corrected chi connectivity index (χ0v) is 12.9. The fourth-order valence-electron chi connectivity index (χ4n) is 2.82. The maximum absolute atomic E-state index is 5.82. The third-order valence-corrected chi connectivity index (χ3v) is 5.53. The van der Waals surface area contributed by atoms with Crippen LogP contribution >= 0.6 is 23.3 Å². The van der Waals surface area contributed by atoms with E-state index in [1.807, 2.05) is 6.26 Å². The molecule has 0 radical (unpaired) electrons. The van der Waals surface area contributed by atoms with Crippen LogP contribution in [0, 0.1) is 11.8 Å². The first-order valence-electron chi connectivity index (χ1n) is 6.73. The van der Waals surface area contributed by atoms with Crippen LogP contribution in [0.2, 0.25) is 0 Å². The fraction of sp³-hybridized carbons (Fsp3) is 0.769. The van der Waals surface area contributed by atoms with E-state index in [1.54, 1.807) is 11.8 Å². The second-order valence-electron chi connectivity index (χ2n) is 5.28. The number of nitrogen functional groups attached to an aromatic ring is 1. The average molecular weight is 285 g/mol. The van der Waals surface area contributed by atoms with Crippen molar-refractivity contribution in [2.45, 2.75) is 43.9 Å². The minimum absolute atomic E-state index is 0.668. The van der Waals surface area contributed by atoms with Gasteiger partial charge < -0.3 is 11.1 Å². The van der Waals surface area contributed by atoms with Crippen molar-refractivity contribution in [2.75, 3.05) is 23.9 Å². The largest absolute Gasteiger partial charge is 0.382 e. The van der Waals surface area contributed by atoms with Crippen LogP contribution in [-0.2, 0) is 0 Å². The smallest absolute Gasteiger partial charge is 0.153 e. The fourth-order valence-corrected chi connectivity index (χ4v) is 4.38. The Morgan fingerprint density at radius 2 is 2.33 bits per heavy atom. The molecule has 1 aromatic heterocycles. The topological polar surface area (TPSA) is 50.9 Å². The number of aromatic nitrogens is 1. The molecule has 1 saturated carbocycles. The predicted molar refractivity (Wildman–Crippen MR) is 82.5 cm³/mol. The number of hydrogen-bond donors (Lipinski definition) is 2. The molecule has 0 amide bonds. The van der Waals surface area contributed by atoms with Crippen molar-refractivity contribution in [3.8, 4) is 0 Å². The summed E-state index contributed by atoms with van der Waals surface area (Å²) in [5.41, 5.74) is 5.82. The van der Waals surface area contributed by atoms with E-state index in [4.69, 9.17) is 5.73 Å². The van der Waals surface area contributed by atoms with Gasteiger partial charge in [0.1, 0.15) is 5.00 Å². The summed E-state index contributed by atoms with van der Waals surface area (Å²) < 4.78 is 4.20. The molecule has 1 aliphatic carbocycles. The first kappa shape index (κ1) is 14.0. The van der Waals surface area contributed by atoms with E-state index in [2.05, 4.69) is 16.6 Å². The Balaban J connectivity index is 1.77. The van der Waals surface area contributed by atoms with E-state index >= 15 is 0 Å². The van der Waals surface area contributed by atoms with E-state index < -0.39 is 0 Å². The van der Waals surface area contributed by atoms with Crippen LogP contribution in [0.4, 0.5) is 10.8 Å². The Morgan fingerprint density at radius 3 is 3.06 bits per heavy atom. The highest BCUT2D eigenvalue weighted by molar-refractivity contribution is 7.99. The molecule has 3 N–H and O–H groups in total. The maximum Gasteiger partial charge on any atom is 0.153 e. The summed E-state index contributed by atoms with van der Waals surface area (Å²) in [4.78, 5) is 1.11. The van der Waals surface area contributed by atoms with Crippen LogP contribution in [0.5, 0.6) is 0 Å². The number of nitrogens with one attached hydrogen (secondary N) is 1. The Hall–Kier alpha value is -0.420. The normalized spacial score (nSPS) is 24.1. The lowest BCUT2D eigenvalue weighted by molar-refractivity contribution is 0.274. The van der Waals surface area contributed by atoms with Crippen LogP contribution in [0.3, 0.4) is 0 Å². The van der Waals surface area contributed by atoms with E-state index in [0.717, 1.165) is 28.3 Å². The number of rotatable bonds is 5. The first-order valence-corrected chi connectivity index (χ1v) is 8.73. The van der Waals surface area contributed by atoms with Gasteiger partial charge >= 0.3 is 0 Å². The molecule has 2 unspecified atom stereocenters. The molecule has 3 nitrogen and oxygen atoms in total. The van der Waals surface area contributed by atoms with Gasteiger partial charge in [0.05, 0.1) is 4.90 Å². The van der Waals surface area contributed by atoms with Crippen molar-refractivity contribution in [2.24, 2.45) is 11.8 Å². The lowest BCUT2D eigenvalue weighted by Gasteiger charge is -2.26. The summed E-state index contributed by atoms with van der Waals surface area (Å²) in [6.45, 7) is 3.43. The molecule has 2 rings (SSSR count). The predicted octanol–water partition coefficient (Wildman–Crippen LogP) is 4.08. The van der Waals surface area contributed by atoms with Gasteiger partial charge in [0.25, 0.3) is 0 Å². The summed E-state index contributed by atoms with van der Waals surface area (Å²) in [7, 11) is 0. The van der Waals surface area contributed by atoms with Gasteiger partial charge in [0.15, 0.2) is 5.82 Å². The van der Waals surface area contributed by atoms with Crippen molar-refractivity contribution in [3.63, 3.8) is 0 Å². The molecule has 18 heavy (non-hydrogen) atoms. The van der Waals surface area contributed by atoms with E-state index in [-0.39, 0.29) is 0 Å². The van der Waals surface area contributed by atoms with Gasteiger partial charge in [-0.05, 0) is 42.5 Å². The molecule has 0 bridgehead atoms. The minimum atomic E-state index is 0.668. The molecule has 0 saturated heterocycles. The van der Waals surface area contributed by atoms with Gasteiger partial charge in [-0.25, -0.2) is 0 Å². The second-order valence-corrected chi connectivity index (χ2v) is 6.87. The summed E-state index contributed by atoms with van der Waals surface area (Å²) >= 11 is 3.16. The Morgan fingerprint density at radius 1 is 1.50 bits per heavy atom. The van der Waals surface area contributed by atoms with Crippen LogP contribution in [0.1, 0.15) is 39.0 Å². The molecule has 0 aliphatic heterocycles. The van der Waals surface area contributed by atoms with Crippen LogP contribution in [0.15, 0.2) is 4.90 Å². The highest BCUT2D eigenvalue weighted by Gasteiger charge is 2.18. The number of thioether (sulfide) groups is 1. The summed E-state index contributed by atoms with van der Waals surface area (Å²) in [5.74, 6) is 2.50. The van der Waals surface area contributed by atoms with Crippen molar-refractivity contribution in [3.05, 3.63) is 0 Å². The zero-order valence-electron chi connectivity index (χ0n) is 11.2. The van der Waals surface area contributed by atoms with Gasteiger partial charge in [-0.15, -0.1) is 11.8 Å².